The first-order valence-electron chi connectivity index (χ1n) is 9.87. The van der Waals surface area contributed by atoms with Gasteiger partial charge >= 0.3 is 0 Å². The standard InChI is InChI=1S/C25H23NO4/c27-25(26-16-22-18-29-23-8-4-5-9-24(23)30-22)15-12-19-10-13-21(14-11-19)28-17-20-6-2-1-3-7-20/h1-15,22H,16-18H2,(H,26,27)/b15-12+. The van der Waals surface area contributed by atoms with Gasteiger partial charge in [-0.05, 0) is 41.5 Å². The predicted molar refractivity (Wildman–Crippen MR) is 116 cm³/mol. The van der Waals surface area contributed by atoms with Crippen molar-refractivity contribution in [2.24, 2.45) is 0 Å². The van der Waals surface area contributed by atoms with Crippen LogP contribution in [0.2, 0.25) is 0 Å². The molecule has 5 nitrogen and oxygen atoms in total. The zero-order valence-electron chi connectivity index (χ0n) is 16.5. The van der Waals surface area contributed by atoms with Crippen LogP contribution in [0.4, 0.5) is 0 Å². The summed E-state index contributed by atoms with van der Waals surface area (Å²) in [6.07, 6.45) is 3.07. The first-order chi connectivity index (χ1) is 14.8. The molecule has 3 aromatic carbocycles. The second kappa shape index (κ2) is 9.65. The number of amides is 1. The zero-order chi connectivity index (χ0) is 20.6. The van der Waals surface area contributed by atoms with Crippen molar-refractivity contribution >= 4 is 12.0 Å². The van der Waals surface area contributed by atoms with Crippen LogP contribution in [0.3, 0.4) is 0 Å². The smallest absolute Gasteiger partial charge is 0.244 e. The van der Waals surface area contributed by atoms with Crippen molar-refractivity contribution in [2.75, 3.05) is 13.2 Å². The highest BCUT2D eigenvalue weighted by atomic mass is 16.6. The van der Waals surface area contributed by atoms with Gasteiger partial charge in [0.2, 0.25) is 5.91 Å². The Hall–Kier alpha value is -3.73. The molecular weight excluding hydrogens is 378 g/mol. The van der Waals surface area contributed by atoms with E-state index >= 15 is 0 Å². The molecule has 4 rings (SSSR count). The molecule has 1 atom stereocenters. The maximum atomic E-state index is 12.1. The van der Waals surface area contributed by atoms with Crippen molar-refractivity contribution < 1.29 is 19.0 Å². The van der Waals surface area contributed by atoms with Crippen molar-refractivity contribution in [1.82, 2.24) is 5.32 Å². The lowest BCUT2D eigenvalue weighted by Crippen LogP contribution is -2.40. The van der Waals surface area contributed by atoms with Crippen LogP contribution in [-0.2, 0) is 11.4 Å². The van der Waals surface area contributed by atoms with E-state index in [4.69, 9.17) is 14.2 Å². The van der Waals surface area contributed by atoms with E-state index in [0.717, 1.165) is 22.6 Å². The predicted octanol–water partition coefficient (Wildman–Crippen LogP) is 4.24. The second-order valence-corrected chi connectivity index (χ2v) is 6.92. The Kier molecular flexibility index (Phi) is 6.30. The summed E-state index contributed by atoms with van der Waals surface area (Å²) < 4.78 is 17.3. The highest BCUT2D eigenvalue weighted by molar-refractivity contribution is 5.91. The van der Waals surface area contributed by atoms with Crippen molar-refractivity contribution in [3.63, 3.8) is 0 Å². The van der Waals surface area contributed by atoms with E-state index in [2.05, 4.69) is 5.32 Å². The molecule has 1 heterocycles. The Morgan fingerprint density at radius 2 is 1.70 bits per heavy atom. The molecule has 0 saturated carbocycles. The molecule has 0 aliphatic carbocycles. The topological polar surface area (TPSA) is 56.8 Å². The Morgan fingerprint density at radius 3 is 2.50 bits per heavy atom. The SMILES string of the molecule is O=C(/C=C/c1ccc(OCc2ccccc2)cc1)NCC1COc2ccccc2O1. The zero-order valence-corrected chi connectivity index (χ0v) is 16.5. The third-order valence-electron chi connectivity index (χ3n) is 4.63. The summed E-state index contributed by atoms with van der Waals surface area (Å²) in [5, 5.41) is 2.85. The van der Waals surface area contributed by atoms with Gasteiger partial charge in [-0.2, -0.15) is 0 Å². The first kappa shape index (κ1) is 19.6. The van der Waals surface area contributed by atoms with E-state index in [1.807, 2.05) is 78.9 Å². The largest absolute Gasteiger partial charge is 0.489 e. The lowest BCUT2D eigenvalue weighted by atomic mass is 10.2. The van der Waals surface area contributed by atoms with Crippen LogP contribution in [0.25, 0.3) is 6.08 Å². The maximum absolute atomic E-state index is 12.1. The molecule has 0 spiro atoms. The number of benzene rings is 3. The molecule has 1 aliphatic heterocycles. The highest BCUT2D eigenvalue weighted by Crippen LogP contribution is 2.30. The molecule has 1 amide bonds. The third-order valence-corrected chi connectivity index (χ3v) is 4.63. The van der Waals surface area contributed by atoms with E-state index < -0.39 is 0 Å². The van der Waals surface area contributed by atoms with Gasteiger partial charge in [0.05, 0.1) is 6.54 Å². The van der Waals surface area contributed by atoms with Crippen LogP contribution in [0.1, 0.15) is 11.1 Å². The number of hydrogen-bond donors (Lipinski definition) is 1. The summed E-state index contributed by atoms with van der Waals surface area (Å²) in [7, 11) is 0. The Morgan fingerprint density at radius 1 is 0.967 bits per heavy atom. The maximum Gasteiger partial charge on any atom is 0.244 e. The molecule has 152 valence electrons. The fourth-order valence-corrected chi connectivity index (χ4v) is 3.03. The minimum Gasteiger partial charge on any atom is -0.489 e. The minimum atomic E-state index is -0.210. The van der Waals surface area contributed by atoms with Gasteiger partial charge in [0.1, 0.15) is 25.1 Å². The molecule has 0 bridgehead atoms. The molecule has 0 fully saturated rings. The van der Waals surface area contributed by atoms with E-state index in [9.17, 15) is 4.79 Å². The van der Waals surface area contributed by atoms with Crippen LogP contribution < -0.4 is 19.5 Å². The van der Waals surface area contributed by atoms with Crippen molar-refractivity contribution in [3.8, 4) is 17.2 Å². The molecular formula is C25H23NO4. The Balaban J connectivity index is 1.22. The van der Waals surface area contributed by atoms with Crippen LogP contribution in [0.5, 0.6) is 17.2 Å². The number of rotatable bonds is 7. The summed E-state index contributed by atoms with van der Waals surface area (Å²) >= 11 is 0. The van der Waals surface area contributed by atoms with Gasteiger partial charge < -0.3 is 19.5 Å². The summed E-state index contributed by atoms with van der Waals surface area (Å²) in [6, 6.07) is 25.2. The molecule has 0 saturated heterocycles. The van der Waals surface area contributed by atoms with Gasteiger partial charge in [-0.1, -0.05) is 54.6 Å². The third kappa shape index (κ3) is 5.41. The minimum absolute atomic E-state index is 0.179. The average Bonchev–Trinajstić information content (AvgIpc) is 2.81. The van der Waals surface area contributed by atoms with Crippen molar-refractivity contribution in [3.05, 3.63) is 96.1 Å². The van der Waals surface area contributed by atoms with Crippen molar-refractivity contribution in [2.45, 2.75) is 12.7 Å². The van der Waals surface area contributed by atoms with Gasteiger partial charge in [-0.25, -0.2) is 0 Å². The number of carbonyl (C=O) groups excluding carboxylic acids is 1. The monoisotopic (exact) mass is 401 g/mol. The molecule has 1 unspecified atom stereocenters. The Bertz CT molecular complexity index is 999. The number of hydrogen-bond acceptors (Lipinski definition) is 4. The molecule has 30 heavy (non-hydrogen) atoms. The number of ether oxygens (including phenoxy) is 3. The van der Waals surface area contributed by atoms with Gasteiger partial charge in [0.15, 0.2) is 11.5 Å². The average molecular weight is 401 g/mol. The first-order valence-corrected chi connectivity index (χ1v) is 9.87. The van der Waals surface area contributed by atoms with Crippen LogP contribution in [0.15, 0.2) is 84.9 Å². The van der Waals surface area contributed by atoms with E-state index in [1.54, 1.807) is 6.08 Å². The lowest BCUT2D eigenvalue weighted by Gasteiger charge is -2.26. The van der Waals surface area contributed by atoms with Crippen LogP contribution in [0, 0.1) is 0 Å². The lowest BCUT2D eigenvalue weighted by molar-refractivity contribution is -0.116. The number of carbonyl (C=O) groups is 1. The highest BCUT2D eigenvalue weighted by Gasteiger charge is 2.20. The summed E-state index contributed by atoms with van der Waals surface area (Å²) in [5.74, 6) is 2.04. The normalized spacial score (nSPS) is 15.0. The fraction of sp³-hybridized carbons (Fsp3) is 0.160. The second-order valence-electron chi connectivity index (χ2n) is 6.92. The van der Waals surface area contributed by atoms with Gasteiger partial charge in [0, 0.05) is 6.08 Å². The molecule has 1 N–H and O–H groups in total. The van der Waals surface area contributed by atoms with Crippen LogP contribution in [-0.4, -0.2) is 25.2 Å². The molecule has 0 aromatic heterocycles. The van der Waals surface area contributed by atoms with Gasteiger partial charge in [-0.15, -0.1) is 0 Å². The summed E-state index contributed by atoms with van der Waals surface area (Å²) in [6.45, 7) is 1.31. The summed E-state index contributed by atoms with van der Waals surface area (Å²) in [5.41, 5.74) is 2.04. The van der Waals surface area contributed by atoms with Crippen LogP contribution >= 0.6 is 0 Å². The molecule has 3 aromatic rings. The van der Waals surface area contributed by atoms with E-state index in [-0.39, 0.29) is 12.0 Å². The molecule has 1 aliphatic rings. The summed E-state index contributed by atoms with van der Waals surface area (Å²) in [4.78, 5) is 12.1. The molecule has 0 radical (unpaired) electrons. The van der Waals surface area contributed by atoms with E-state index in [0.29, 0.717) is 25.5 Å². The van der Waals surface area contributed by atoms with E-state index in [1.165, 1.54) is 6.08 Å². The van der Waals surface area contributed by atoms with Crippen molar-refractivity contribution in [1.29, 1.82) is 0 Å². The quantitative estimate of drug-likeness (QED) is 0.602. The Labute approximate surface area is 175 Å². The molecule has 5 heteroatoms. The van der Waals surface area contributed by atoms with Gasteiger partial charge in [0.25, 0.3) is 0 Å². The number of nitrogens with one attached hydrogen (secondary N) is 1. The van der Waals surface area contributed by atoms with Gasteiger partial charge in [-0.3, -0.25) is 4.79 Å². The fourth-order valence-electron chi connectivity index (χ4n) is 3.03. The number of fused-ring (bicyclic) bond motifs is 1. The number of para-hydroxylation sites is 2.